The standard InChI is InChI=1S/C31H55NO2/c1-5-9-13-16-20-28(19-12-8-4)27-34-31(33)29-21-23-30(24-22-29)32(25-17-14-10-6-2)26-18-15-11-7-3/h21-24,28H,5-20,25-27H2,1-4H3. The lowest BCUT2D eigenvalue weighted by Gasteiger charge is -2.25. The highest BCUT2D eigenvalue weighted by Crippen LogP contribution is 2.21. The van der Waals surface area contributed by atoms with Crippen molar-refractivity contribution in [3.05, 3.63) is 29.8 Å². The normalized spacial score (nSPS) is 12.0. The first-order chi connectivity index (χ1) is 16.7. The van der Waals surface area contributed by atoms with Crippen molar-refractivity contribution >= 4 is 11.7 Å². The molecule has 1 aromatic carbocycles. The molecule has 0 fully saturated rings. The van der Waals surface area contributed by atoms with Crippen LogP contribution >= 0.6 is 0 Å². The Bertz CT molecular complexity index is 586. The van der Waals surface area contributed by atoms with Crippen LogP contribution in [0.15, 0.2) is 24.3 Å². The number of nitrogens with zero attached hydrogens (tertiary/aromatic N) is 1. The van der Waals surface area contributed by atoms with Crippen LogP contribution in [0.5, 0.6) is 0 Å². The number of carbonyl (C=O) groups excluding carboxylic acids is 1. The number of hydrogen-bond acceptors (Lipinski definition) is 3. The molecule has 0 saturated heterocycles. The Morgan fingerprint density at radius 2 is 1.18 bits per heavy atom. The van der Waals surface area contributed by atoms with E-state index >= 15 is 0 Å². The van der Waals surface area contributed by atoms with Crippen LogP contribution in [0.3, 0.4) is 0 Å². The van der Waals surface area contributed by atoms with E-state index in [1.807, 2.05) is 12.1 Å². The zero-order valence-electron chi connectivity index (χ0n) is 23.1. The summed E-state index contributed by atoms with van der Waals surface area (Å²) in [7, 11) is 0. The van der Waals surface area contributed by atoms with E-state index < -0.39 is 0 Å². The fourth-order valence-electron chi connectivity index (χ4n) is 4.58. The SMILES string of the molecule is CCCCCCC(CCCC)COC(=O)c1ccc(N(CCCCCC)CCCCCC)cc1. The first-order valence-electron chi connectivity index (χ1n) is 14.7. The topological polar surface area (TPSA) is 29.5 Å². The number of anilines is 1. The maximum Gasteiger partial charge on any atom is 0.338 e. The van der Waals surface area contributed by atoms with Crippen molar-refractivity contribution in [2.75, 3.05) is 24.6 Å². The van der Waals surface area contributed by atoms with Gasteiger partial charge in [0, 0.05) is 18.8 Å². The van der Waals surface area contributed by atoms with Gasteiger partial charge in [0.25, 0.3) is 0 Å². The molecule has 0 amide bonds. The number of benzene rings is 1. The van der Waals surface area contributed by atoms with Gasteiger partial charge >= 0.3 is 5.97 Å². The predicted octanol–water partition coefficient (Wildman–Crippen LogP) is 9.59. The molecule has 3 nitrogen and oxygen atoms in total. The third-order valence-corrected chi connectivity index (χ3v) is 6.91. The zero-order chi connectivity index (χ0) is 24.9. The largest absolute Gasteiger partial charge is 0.462 e. The van der Waals surface area contributed by atoms with Crippen LogP contribution in [-0.2, 0) is 4.74 Å². The number of esters is 1. The Kier molecular flexibility index (Phi) is 18.7. The predicted molar refractivity (Wildman–Crippen MR) is 149 cm³/mol. The van der Waals surface area contributed by atoms with Gasteiger partial charge in [0.1, 0.15) is 0 Å². The maximum atomic E-state index is 12.7. The van der Waals surface area contributed by atoms with Crippen LogP contribution in [0.1, 0.15) is 141 Å². The molecule has 196 valence electrons. The highest BCUT2D eigenvalue weighted by Gasteiger charge is 2.14. The second-order valence-corrected chi connectivity index (χ2v) is 10.1. The van der Waals surface area contributed by atoms with Crippen LogP contribution in [0, 0.1) is 5.92 Å². The van der Waals surface area contributed by atoms with E-state index in [1.165, 1.54) is 108 Å². The second-order valence-electron chi connectivity index (χ2n) is 10.1. The summed E-state index contributed by atoms with van der Waals surface area (Å²) in [4.78, 5) is 15.2. The first kappa shape index (κ1) is 30.5. The molecule has 0 aliphatic carbocycles. The minimum Gasteiger partial charge on any atom is -0.462 e. The zero-order valence-corrected chi connectivity index (χ0v) is 23.1. The number of unbranched alkanes of at least 4 members (excludes halogenated alkanes) is 10. The van der Waals surface area contributed by atoms with Gasteiger partial charge in [-0.2, -0.15) is 0 Å². The Morgan fingerprint density at radius 3 is 1.71 bits per heavy atom. The highest BCUT2D eigenvalue weighted by atomic mass is 16.5. The van der Waals surface area contributed by atoms with Crippen molar-refractivity contribution in [2.24, 2.45) is 5.92 Å². The van der Waals surface area contributed by atoms with Crippen molar-refractivity contribution in [3.63, 3.8) is 0 Å². The third kappa shape index (κ3) is 14.0. The molecule has 1 atom stereocenters. The first-order valence-corrected chi connectivity index (χ1v) is 14.7. The minimum atomic E-state index is -0.168. The molecule has 0 aliphatic heterocycles. The summed E-state index contributed by atoms with van der Waals surface area (Å²) in [6.45, 7) is 11.8. The number of rotatable bonds is 22. The van der Waals surface area contributed by atoms with Gasteiger partial charge in [-0.15, -0.1) is 0 Å². The molecule has 0 saturated carbocycles. The Morgan fingerprint density at radius 1 is 0.676 bits per heavy atom. The van der Waals surface area contributed by atoms with Crippen LogP contribution in [0.25, 0.3) is 0 Å². The Hall–Kier alpha value is -1.51. The van der Waals surface area contributed by atoms with Crippen LogP contribution < -0.4 is 4.90 Å². The van der Waals surface area contributed by atoms with E-state index in [4.69, 9.17) is 4.74 Å². The number of carbonyl (C=O) groups is 1. The van der Waals surface area contributed by atoms with E-state index in [1.54, 1.807) is 0 Å². The lowest BCUT2D eigenvalue weighted by Crippen LogP contribution is -2.25. The van der Waals surface area contributed by atoms with Crippen molar-refractivity contribution in [1.29, 1.82) is 0 Å². The van der Waals surface area contributed by atoms with Gasteiger partial charge in [0.15, 0.2) is 0 Å². The monoisotopic (exact) mass is 473 g/mol. The molecule has 3 heteroatoms. The molecule has 0 N–H and O–H groups in total. The molecular formula is C31H55NO2. The Labute approximate surface area is 212 Å². The Balaban J connectivity index is 2.62. The molecule has 1 unspecified atom stereocenters. The van der Waals surface area contributed by atoms with Crippen LogP contribution in [-0.4, -0.2) is 25.7 Å². The van der Waals surface area contributed by atoms with Crippen molar-refractivity contribution in [2.45, 2.75) is 130 Å². The molecule has 0 bridgehead atoms. The van der Waals surface area contributed by atoms with Crippen molar-refractivity contribution < 1.29 is 9.53 Å². The quantitative estimate of drug-likeness (QED) is 0.124. The van der Waals surface area contributed by atoms with Crippen LogP contribution in [0.4, 0.5) is 5.69 Å². The van der Waals surface area contributed by atoms with Gasteiger partial charge in [0.05, 0.1) is 12.2 Å². The lowest BCUT2D eigenvalue weighted by atomic mass is 9.96. The third-order valence-electron chi connectivity index (χ3n) is 6.91. The fraction of sp³-hybridized carbons (Fsp3) is 0.774. The van der Waals surface area contributed by atoms with E-state index in [-0.39, 0.29) is 5.97 Å². The molecule has 1 rings (SSSR count). The molecule has 0 aliphatic rings. The molecular weight excluding hydrogens is 418 g/mol. The van der Waals surface area contributed by atoms with Gasteiger partial charge in [-0.05, 0) is 55.9 Å². The maximum absolute atomic E-state index is 12.7. The van der Waals surface area contributed by atoms with Gasteiger partial charge in [0.2, 0.25) is 0 Å². The van der Waals surface area contributed by atoms with E-state index in [9.17, 15) is 4.79 Å². The van der Waals surface area contributed by atoms with Crippen molar-refractivity contribution in [1.82, 2.24) is 0 Å². The molecule has 1 aromatic rings. The van der Waals surface area contributed by atoms with Crippen molar-refractivity contribution in [3.8, 4) is 0 Å². The fourth-order valence-corrected chi connectivity index (χ4v) is 4.58. The van der Waals surface area contributed by atoms with Gasteiger partial charge in [-0.1, -0.05) is 105 Å². The summed E-state index contributed by atoms with van der Waals surface area (Å²) in [6, 6.07) is 8.17. The average Bonchev–Trinajstić information content (AvgIpc) is 2.86. The summed E-state index contributed by atoms with van der Waals surface area (Å²) in [5.41, 5.74) is 1.92. The minimum absolute atomic E-state index is 0.168. The summed E-state index contributed by atoms with van der Waals surface area (Å²) >= 11 is 0. The number of ether oxygens (including phenoxy) is 1. The molecule has 0 heterocycles. The summed E-state index contributed by atoms with van der Waals surface area (Å²) < 4.78 is 5.78. The summed E-state index contributed by atoms with van der Waals surface area (Å²) in [5.74, 6) is 0.334. The van der Waals surface area contributed by atoms with Gasteiger partial charge in [-0.3, -0.25) is 0 Å². The molecule has 0 aromatic heterocycles. The smallest absolute Gasteiger partial charge is 0.338 e. The van der Waals surface area contributed by atoms with Gasteiger partial charge < -0.3 is 9.64 Å². The van der Waals surface area contributed by atoms with E-state index in [0.717, 1.165) is 13.1 Å². The molecule has 34 heavy (non-hydrogen) atoms. The number of hydrogen-bond donors (Lipinski definition) is 0. The lowest BCUT2D eigenvalue weighted by molar-refractivity contribution is 0.0422. The van der Waals surface area contributed by atoms with Gasteiger partial charge in [-0.25, -0.2) is 4.79 Å². The molecule has 0 radical (unpaired) electrons. The average molecular weight is 474 g/mol. The highest BCUT2D eigenvalue weighted by molar-refractivity contribution is 5.89. The molecule has 0 spiro atoms. The van der Waals surface area contributed by atoms with E-state index in [0.29, 0.717) is 18.1 Å². The summed E-state index contributed by atoms with van der Waals surface area (Å²) in [6.07, 6.45) is 20.1. The second kappa shape index (κ2) is 20.8. The summed E-state index contributed by atoms with van der Waals surface area (Å²) in [5, 5.41) is 0. The van der Waals surface area contributed by atoms with E-state index in [2.05, 4.69) is 44.7 Å². The van der Waals surface area contributed by atoms with Crippen LogP contribution in [0.2, 0.25) is 0 Å².